The fourth-order valence-electron chi connectivity index (χ4n) is 5.17. The highest BCUT2D eigenvalue weighted by Gasteiger charge is 2.20. The van der Waals surface area contributed by atoms with Gasteiger partial charge in [0.2, 0.25) is 0 Å². The minimum absolute atomic E-state index is 0.0210. The lowest BCUT2D eigenvalue weighted by atomic mass is 9.89. The number of likely N-dealkylation sites (tertiary alicyclic amines) is 1. The van der Waals surface area contributed by atoms with Gasteiger partial charge in [0.1, 0.15) is 11.3 Å². The van der Waals surface area contributed by atoms with Crippen LogP contribution in [0.4, 0.5) is 0 Å². The molecule has 5 rings (SSSR count). The predicted octanol–water partition coefficient (Wildman–Crippen LogP) is 4.54. The van der Waals surface area contributed by atoms with E-state index in [2.05, 4.69) is 69.8 Å². The van der Waals surface area contributed by atoms with Gasteiger partial charge in [-0.3, -0.25) is 9.69 Å². The van der Waals surface area contributed by atoms with Crippen molar-refractivity contribution in [2.75, 3.05) is 26.2 Å². The average molecular weight is 504 g/mol. The largest absolute Gasteiger partial charge is 0.506 e. The molecule has 3 aromatic carbocycles. The predicted molar refractivity (Wildman–Crippen MR) is 146 cm³/mol. The Labute approximate surface area is 215 Å². The van der Waals surface area contributed by atoms with Crippen LogP contribution >= 0.6 is 11.3 Å². The van der Waals surface area contributed by atoms with E-state index in [1.807, 2.05) is 0 Å². The van der Waals surface area contributed by atoms with Gasteiger partial charge in [0, 0.05) is 18.7 Å². The molecule has 1 aromatic heterocycles. The molecule has 1 saturated heterocycles. The van der Waals surface area contributed by atoms with E-state index in [1.54, 1.807) is 6.07 Å². The first-order valence-electron chi connectivity index (χ1n) is 12.7. The zero-order chi connectivity index (χ0) is 24.9. The normalized spacial score (nSPS) is 15.9. The number of H-pyrrole nitrogens is 1. The summed E-state index contributed by atoms with van der Waals surface area (Å²) in [5, 5.41) is 24.0. The van der Waals surface area contributed by atoms with Crippen LogP contribution in [0.5, 0.6) is 5.75 Å². The van der Waals surface area contributed by atoms with Crippen LogP contribution in [0.1, 0.15) is 47.1 Å². The molecule has 4 aromatic rings. The Morgan fingerprint density at radius 2 is 1.81 bits per heavy atom. The molecule has 7 heteroatoms. The second-order valence-electron chi connectivity index (χ2n) is 9.64. The van der Waals surface area contributed by atoms with Crippen molar-refractivity contribution < 1.29 is 10.2 Å². The van der Waals surface area contributed by atoms with Gasteiger partial charge in [-0.15, -0.1) is 0 Å². The Kier molecular flexibility index (Phi) is 7.82. The highest BCUT2D eigenvalue weighted by molar-refractivity contribution is 7.16. The van der Waals surface area contributed by atoms with Gasteiger partial charge >= 0.3 is 4.87 Å². The number of fused-ring (bicyclic) bond motifs is 1. The minimum atomic E-state index is -0.760. The third kappa shape index (κ3) is 5.87. The molecule has 0 bridgehead atoms. The Morgan fingerprint density at radius 1 is 1.03 bits per heavy atom. The molecule has 4 N–H and O–H groups in total. The fraction of sp³-hybridized carbons (Fsp3) is 0.345. The summed E-state index contributed by atoms with van der Waals surface area (Å²) in [6.07, 6.45) is 2.54. The molecular formula is C29H33N3O3S. The van der Waals surface area contributed by atoms with E-state index in [-0.39, 0.29) is 10.6 Å². The first-order chi connectivity index (χ1) is 17.6. The van der Waals surface area contributed by atoms with Gasteiger partial charge in [-0.05, 0) is 67.6 Å². The number of aliphatic hydroxyl groups is 1. The Morgan fingerprint density at radius 3 is 2.61 bits per heavy atom. The Balaban J connectivity index is 1.09. The van der Waals surface area contributed by atoms with Crippen LogP contribution in [0.25, 0.3) is 10.2 Å². The second-order valence-corrected chi connectivity index (χ2v) is 10.6. The van der Waals surface area contributed by atoms with Crippen LogP contribution < -0.4 is 10.2 Å². The summed E-state index contributed by atoms with van der Waals surface area (Å²) >= 11 is 1.01. The van der Waals surface area contributed by atoms with E-state index in [1.165, 1.54) is 35.6 Å². The smallest absolute Gasteiger partial charge is 0.305 e. The monoisotopic (exact) mass is 503 g/mol. The summed E-state index contributed by atoms with van der Waals surface area (Å²) in [5.74, 6) is 0.695. The molecule has 188 valence electrons. The van der Waals surface area contributed by atoms with Crippen molar-refractivity contribution >= 4 is 21.6 Å². The van der Waals surface area contributed by atoms with E-state index in [0.717, 1.165) is 43.9 Å². The van der Waals surface area contributed by atoms with E-state index >= 15 is 0 Å². The van der Waals surface area contributed by atoms with Crippen LogP contribution in [0, 0.1) is 0 Å². The number of phenols is 1. The van der Waals surface area contributed by atoms with Crippen molar-refractivity contribution in [3.63, 3.8) is 0 Å². The summed E-state index contributed by atoms with van der Waals surface area (Å²) < 4.78 is 0.606. The van der Waals surface area contributed by atoms with Gasteiger partial charge in [-0.1, -0.05) is 72.0 Å². The quantitative estimate of drug-likeness (QED) is 0.252. The third-order valence-corrected chi connectivity index (χ3v) is 8.06. The summed E-state index contributed by atoms with van der Waals surface area (Å²) in [5.41, 5.74) is 5.14. The lowest BCUT2D eigenvalue weighted by Crippen LogP contribution is -2.32. The van der Waals surface area contributed by atoms with Crippen LogP contribution in [0.15, 0.2) is 71.5 Å². The van der Waals surface area contributed by atoms with Crippen LogP contribution in [0.2, 0.25) is 0 Å². The summed E-state index contributed by atoms with van der Waals surface area (Å²) in [6, 6.07) is 22.9. The molecule has 0 spiro atoms. The van der Waals surface area contributed by atoms with Gasteiger partial charge in [0.15, 0.2) is 0 Å². The molecule has 0 radical (unpaired) electrons. The Hall–Kier alpha value is -2.97. The number of nitrogens with zero attached hydrogens (tertiary/aromatic N) is 1. The number of aromatic amines is 1. The number of hydrogen-bond acceptors (Lipinski definition) is 6. The molecule has 0 saturated carbocycles. The maximum Gasteiger partial charge on any atom is 0.305 e. The van der Waals surface area contributed by atoms with Gasteiger partial charge < -0.3 is 20.5 Å². The number of hydrogen-bond donors (Lipinski definition) is 4. The first-order valence-corrected chi connectivity index (χ1v) is 13.5. The lowest BCUT2D eigenvalue weighted by Gasteiger charge is -2.32. The van der Waals surface area contributed by atoms with E-state index < -0.39 is 6.10 Å². The highest BCUT2D eigenvalue weighted by Crippen LogP contribution is 2.31. The number of thiazole rings is 1. The minimum Gasteiger partial charge on any atom is -0.506 e. The van der Waals surface area contributed by atoms with Gasteiger partial charge in [0.25, 0.3) is 0 Å². The highest BCUT2D eigenvalue weighted by atomic mass is 32.1. The second kappa shape index (κ2) is 11.4. The molecule has 0 amide bonds. The van der Waals surface area contributed by atoms with Crippen molar-refractivity contribution in [3.05, 3.63) is 98.7 Å². The molecular weight excluding hydrogens is 470 g/mol. The number of aromatic hydroxyl groups is 1. The summed E-state index contributed by atoms with van der Waals surface area (Å²) in [7, 11) is 0. The van der Waals surface area contributed by atoms with E-state index in [4.69, 9.17) is 0 Å². The number of piperidine rings is 1. The Bertz CT molecular complexity index is 1340. The van der Waals surface area contributed by atoms with Crippen molar-refractivity contribution in [1.82, 2.24) is 15.2 Å². The molecule has 1 atom stereocenters. The van der Waals surface area contributed by atoms with Crippen molar-refractivity contribution in [2.24, 2.45) is 0 Å². The van der Waals surface area contributed by atoms with Crippen molar-refractivity contribution in [2.45, 2.75) is 37.8 Å². The third-order valence-electron chi connectivity index (χ3n) is 7.13. The number of nitrogens with one attached hydrogen (secondary N) is 2. The molecule has 6 nitrogen and oxygen atoms in total. The average Bonchev–Trinajstić information content (AvgIpc) is 3.30. The van der Waals surface area contributed by atoms with Gasteiger partial charge in [-0.25, -0.2) is 0 Å². The molecule has 0 aliphatic carbocycles. The SMILES string of the molecule is O=c1[nH]c2c(O)ccc(C(O)CNCCc3cccc(CN4CCC(c5ccccc5)CC4)c3)c2s1. The molecule has 36 heavy (non-hydrogen) atoms. The van der Waals surface area contributed by atoms with Crippen molar-refractivity contribution in [1.29, 1.82) is 0 Å². The summed E-state index contributed by atoms with van der Waals surface area (Å²) in [4.78, 5) is 16.7. The maximum absolute atomic E-state index is 11.7. The topological polar surface area (TPSA) is 88.6 Å². The fourth-order valence-corrected chi connectivity index (χ4v) is 6.09. The molecule has 2 heterocycles. The zero-order valence-corrected chi connectivity index (χ0v) is 21.1. The van der Waals surface area contributed by atoms with Crippen molar-refractivity contribution in [3.8, 4) is 5.75 Å². The zero-order valence-electron chi connectivity index (χ0n) is 20.3. The number of benzene rings is 3. The molecule has 1 unspecified atom stereocenters. The summed E-state index contributed by atoms with van der Waals surface area (Å²) in [6.45, 7) is 4.36. The molecule has 1 fully saturated rings. The molecule has 1 aliphatic heterocycles. The lowest BCUT2D eigenvalue weighted by molar-refractivity contribution is 0.176. The molecule has 1 aliphatic rings. The number of aromatic nitrogens is 1. The number of phenolic OH excluding ortho intramolecular Hbond substituents is 1. The van der Waals surface area contributed by atoms with Crippen LogP contribution in [0.3, 0.4) is 0 Å². The first kappa shape index (κ1) is 24.7. The van der Waals surface area contributed by atoms with Gasteiger partial charge in [-0.2, -0.15) is 0 Å². The van der Waals surface area contributed by atoms with Crippen LogP contribution in [-0.4, -0.2) is 46.3 Å². The van der Waals surface area contributed by atoms with E-state index in [9.17, 15) is 15.0 Å². The van der Waals surface area contributed by atoms with Crippen LogP contribution in [-0.2, 0) is 13.0 Å². The number of aliphatic hydroxyl groups excluding tert-OH is 1. The van der Waals surface area contributed by atoms with E-state index in [0.29, 0.717) is 28.2 Å². The standard InChI is InChI=1S/C29H33N3O3S/c33-25-10-9-24(28-27(25)31-29(35)36-28)26(34)18-30-14-11-20-5-4-6-21(17-20)19-32-15-12-23(13-16-32)22-7-2-1-3-8-22/h1-10,17,23,26,30,33-34H,11-16,18-19H2,(H,31,35). The van der Waals surface area contributed by atoms with Gasteiger partial charge in [0.05, 0.1) is 10.8 Å². The number of rotatable bonds is 9. The maximum atomic E-state index is 11.7.